The van der Waals surface area contributed by atoms with Crippen LogP contribution in [0.2, 0.25) is 0 Å². The number of rotatable bonds is 7. The van der Waals surface area contributed by atoms with Gasteiger partial charge in [-0.1, -0.05) is 24.3 Å². The standard InChI is InChI=1S/C32H40N2O3S/c1-21-17-26(13-16-30(21)37-3)24-9-7-23(8-10-24)19-34(32(36)25-11-14-29(35)15-12-25)28-6-4-5-27(18-28)31-33-22(2)20-38-31/h4-6,13,16-18,20,23-25,29,35H,7-12,14-15,19H2,1-3H3. The SMILES string of the molecule is COc1ccc(C2CCC(CN(C(=O)C3CCC(O)CC3)c3cccc(-c4nc(C)cs4)c3)CC2)cc1C. The Hall–Kier alpha value is -2.70. The molecule has 2 fully saturated rings. The van der Waals surface area contributed by atoms with E-state index in [4.69, 9.17) is 4.74 Å². The number of benzene rings is 2. The van der Waals surface area contributed by atoms with Crippen LogP contribution in [0.15, 0.2) is 47.8 Å². The number of nitrogens with zero attached hydrogens (tertiary/aromatic N) is 2. The first-order chi connectivity index (χ1) is 18.4. The minimum Gasteiger partial charge on any atom is -0.496 e. The number of aromatic nitrogens is 1. The maximum atomic E-state index is 13.9. The van der Waals surface area contributed by atoms with Crippen LogP contribution in [0.3, 0.4) is 0 Å². The quantitative estimate of drug-likeness (QED) is 0.347. The molecular weight excluding hydrogens is 492 g/mol. The largest absolute Gasteiger partial charge is 0.496 e. The Morgan fingerprint density at radius 1 is 1.03 bits per heavy atom. The Morgan fingerprint density at radius 3 is 2.45 bits per heavy atom. The summed E-state index contributed by atoms with van der Waals surface area (Å²) in [5.41, 5.74) is 5.65. The average molecular weight is 533 g/mol. The second-order valence-corrected chi connectivity index (χ2v) is 12.1. The highest BCUT2D eigenvalue weighted by atomic mass is 32.1. The van der Waals surface area contributed by atoms with Crippen LogP contribution in [-0.2, 0) is 4.79 Å². The first kappa shape index (κ1) is 26.9. The van der Waals surface area contributed by atoms with Gasteiger partial charge in [0.15, 0.2) is 0 Å². The fourth-order valence-electron chi connectivity index (χ4n) is 6.25. The predicted molar refractivity (Wildman–Crippen MR) is 155 cm³/mol. The molecule has 0 bridgehead atoms. The van der Waals surface area contributed by atoms with Gasteiger partial charge in [0.2, 0.25) is 5.91 Å². The highest BCUT2D eigenvalue weighted by molar-refractivity contribution is 7.13. The van der Waals surface area contributed by atoms with E-state index in [1.807, 2.05) is 6.92 Å². The molecule has 2 aliphatic rings. The fraction of sp³-hybridized carbons (Fsp3) is 0.500. The lowest BCUT2D eigenvalue weighted by molar-refractivity contribution is -0.124. The maximum absolute atomic E-state index is 13.9. The number of methoxy groups -OCH3 is 1. The third kappa shape index (κ3) is 6.13. The van der Waals surface area contributed by atoms with Gasteiger partial charge in [-0.3, -0.25) is 4.79 Å². The van der Waals surface area contributed by atoms with Crippen molar-refractivity contribution in [3.8, 4) is 16.3 Å². The Kier molecular flexibility index (Phi) is 8.49. The number of aliphatic hydroxyl groups is 1. The van der Waals surface area contributed by atoms with Gasteiger partial charge in [-0.15, -0.1) is 11.3 Å². The van der Waals surface area contributed by atoms with E-state index >= 15 is 0 Å². The van der Waals surface area contributed by atoms with E-state index in [9.17, 15) is 9.90 Å². The molecule has 0 spiro atoms. The summed E-state index contributed by atoms with van der Waals surface area (Å²) < 4.78 is 5.45. The molecule has 2 aliphatic carbocycles. The first-order valence-electron chi connectivity index (χ1n) is 14.1. The second kappa shape index (κ2) is 12.0. The molecule has 1 heterocycles. The number of thiazole rings is 1. The van der Waals surface area contributed by atoms with Crippen molar-refractivity contribution in [2.24, 2.45) is 11.8 Å². The van der Waals surface area contributed by atoms with Crippen molar-refractivity contribution < 1.29 is 14.6 Å². The summed E-state index contributed by atoms with van der Waals surface area (Å²) in [6.07, 6.45) is 7.24. The number of carbonyl (C=O) groups excluding carboxylic acids is 1. The Morgan fingerprint density at radius 2 is 1.79 bits per heavy atom. The van der Waals surface area contributed by atoms with E-state index in [-0.39, 0.29) is 17.9 Å². The van der Waals surface area contributed by atoms with Crippen LogP contribution >= 0.6 is 11.3 Å². The minimum atomic E-state index is -0.263. The van der Waals surface area contributed by atoms with Crippen LogP contribution in [0.5, 0.6) is 5.75 Å². The number of ether oxygens (including phenoxy) is 1. The Balaban J connectivity index is 1.32. The van der Waals surface area contributed by atoms with Crippen molar-refractivity contribution in [1.82, 2.24) is 4.98 Å². The van der Waals surface area contributed by atoms with Gasteiger partial charge in [-0.05, 0) is 106 Å². The van der Waals surface area contributed by atoms with Crippen LogP contribution in [0.1, 0.15) is 74.1 Å². The van der Waals surface area contributed by atoms with Crippen molar-refractivity contribution >= 4 is 22.9 Å². The summed E-state index contributed by atoms with van der Waals surface area (Å²) in [6, 6.07) is 14.9. The molecular formula is C32H40N2O3S. The molecule has 0 unspecified atom stereocenters. The lowest BCUT2D eigenvalue weighted by Crippen LogP contribution is -2.41. The number of aryl methyl sites for hydroxylation is 2. The third-order valence-electron chi connectivity index (χ3n) is 8.51. The number of aliphatic hydroxyl groups excluding tert-OH is 1. The first-order valence-corrected chi connectivity index (χ1v) is 15.0. The number of hydrogen-bond acceptors (Lipinski definition) is 5. The van der Waals surface area contributed by atoms with Crippen molar-refractivity contribution in [3.63, 3.8) is 0 Å². The zero-order valence-corrected chi connectivity index (χ0v) is 23.7. The summed E-state index contributed by atoms with van der Waals surface area (Å²) in [5, 5.41) is 13.1. The number of amides is 1. The van der Waals surface area contributed by atoms with Gasteiger partial charge in [0.05, 0.1) is 13.2 Å². The van der Waals surface area contributed by atoms with E-state index in [0.717, 1.165) is 85.6 Å². The van der Waals surface area contributed by atoms with Crippen LogP contribution in [-0.4, -0.2) is 35.8 Å². The summed E-state index contributed by atoms with van der Waals surface area (Å²) in [7, 11) is 1.73. The molecule has 0 radical (unpaired) electrons. The molecule has 6 heteroatoms. The monoisotopic (exact) mass is 532 g/mol. The summed E-state index contributed by atoms with van der Waals surface area (Å²) in [6.45, 7) is 4.89. The molecule has 0 saturated heterocycles. The molecule has 3 aromatic rings. The molecule has 202 valence electrons. The topological polar surface area (TPSA) is 62.7 Å². The molecule has 0 aliphatic heterocycles. The van der Waals surface area contributed by atoms with E-state index in [1.165, 1.54) is 11.1 Å². The summed E-state index contributed by atoms with van der Waals surface area (Å²) in [4.78, 5) is 20.7. The Bertz CT molecular complexity index is 1240. The van der Waals surface area contributed by atoms with Gasteiger partial charge in [0.1, 0.15) is 10.8 Å². The highest BCUT2D eigenvalue weighted by Gasteiger charge is 2.32. The van der Waals surface area contributed by atoms with E-state index < -0.39 is 0 Å². The van der Waals surface area contributed by atoms with E-state index in [1.54, 1.807) is 18.4 Å². The smallest absolute Gasteiger partial charge is 0.230 e. The van der Waals surface area contributed by atoms with Gasteiger partial charge in [-0.2, -0.15) is 0 Å². The third-order valence-corrected chi connectivity index (χ3v) is 9.52. The normalized spacial score (nSPS) is 23.7. The van der Waals surface area contributed by atoms with E-state index in [0.29, 0.717) is 11.8 Å². The van der Waals surface area contributed by atoms with Crippen molar-refractivity contribution in [2.45, 2.75) is 77.2 Å². The zero-order chi connectivity index (χ0) is 26.6. The lowest BCUT2D eigenvalue weighted by atomic mass is 9.78. The van der Waals surface area contributed by atoms with Gasteiger partial charge in [0, 0.05) is 34.8 Å². The van der Waals surface area contributed by atoms with Gasteiger partial charge < -0.3 is 14.7 Å². The van der Waals surface area contributed by atoms with Gasteiger partial charge >= 0.3 is 0 Å². The zero-order valence-electron chi connectivity index (χ0n) is 22.9. The highest BCUT2D eigenvalue weighted by Crippen LogP contribution is 2.39. The van der Waals surface area contributed by atoms with Crippen LogP contribution in [0, 0.1) is 25.7 Å². The second-order valence-electron chi connectivity index (χ2n) is 11.2. The predicted octanol–water partition coefficient (Wildman–Crippen LogP) is 7.29. The lowest BCUT2D eigenvalue weighted by Gasteiger charge is -2.36. The minimum absolute atomic E-state index is 0.0113. The number of carbonyl (C=O) groups is 1. The molecule has 1 aromatic heterocycles. The van der Waals surface area contributed by atoms with Gasteiger partial charge in [0.25, 0.3) is 0 Å². The molecule has 5 nitrogen and oxygen atoms in total. The fourth-order valence-corrected chi connectivity index (χ4v) is 7.05. The maximum Gasteiger partial charge on any atom is 0.230 e. The molecule has 38 heavy (non-hydrogen) atoms. The molecule has 1 N–H and O–H groups in total. The molecule has 1 amide bonds. The number of anilines is 1. The summed E-state index contributed by atoms with van der Waals surface area (Å²) >= 11 is 1.65. The molecule has 5 rings (SSSR count). The van der Waals surface area contributed by atoms with Crippen LogP contribution in [0.4, 0.5) is 5.69 Å². The van der Waals surface area contributed by atoms with Crippen LogP contribution < -0.4 is 9.64 Å². The Labute approximate surface area is 230 Å². The summed E-state index contributed by atoms with van der Waals surface area (Å²) in [5.74, 6) is 2.20. The molecule has 2 saturated carbocycles. The number of hydrogen-bond donors (Lipinski definition) is 1. The van der Waals surface area contributed by atoms with Crippen molar-refractivity contribution in [1.29, 1.82) is 0 Å². The van der Waals surface area contributed by atoms with Crippen LogP contribution in [0.25, 0.3) is 10.6 Å². The van der Waals surface area contributed by atoms with Crippen molar-refractivity contribution in [2.75, 3.05) is 18.6 Å². The van der Waals surface area contributed by atoms with Gasteiger partial charge in [-0.25, -0.2) is 4.98 Å². The van der Waals surface area contributed by atoms with Crippen molar-refractivity contribution in [3.05, 3.63) is 64.7 Å². The molecule has 0 atom stereocenters. The average Bonchev–Trinajstić information content (AvgIpc) is 3.38. The van der Waals surface area contributed by atoms with E-state index in [2.05, 4.69) is 64.7 Å². The molecule has 2 aromatic carbocycles.